The lowest BCUT2D eigenvalue weighted by molar-refractivity contribution is -0.111. The van der Waals surface area contributed by atoms with Crippen LogP contribution in [-0.4, -0.2) is 30.3 Å². The Morgan fingerprint density at radius 3 is 2.34 bits per heavy atom. The lowest BCUT2D eigenvalue weighted by Crippen LogP contribution is -2.21. The number of anilines is 3. The van der Waals surface area contributed by atoms with Crippen molar-refractivity contribution in [1.29, 1.82) is 0 Å². The summed E-state index contributed by atoms with van der Waals surface area (Å²) in [6.45, 7) is 1.93. The maximum absolute atomic E-state index is 12.6. The van der Waals surface area contributed by atoms with Crippen molar-refractivity contribution in [1.82, 2.24) is 0 Å². The summed E-state index contributed by atoms with van der Waals surface area (Å²) in [4.78, 5) is 25.0. The van der Waals surface area contributed by atoms with Crippen molar-refractivity contribution >= 4 is 29.1 Å². The zero-order valence-corrected chi connectivity index (χ0v) is 19.4. The second-order valence-corrected chi connectivity index (χ2v) is 7.75. The van der Waals surface area contributed by atoms with Crippen LogP contribution in [0, 0.1) is 5.92 Å². The fourth-order valence-corrected chi connectivity index (χ4v) is 3.31. The molecule has 8 heteroatoms. The number of carbonyl (C=O) groups is 2. The van der Waals surface area contributed by atoms with Gasteiger partial charge in [0, 0.05) is 11.6 Å². The summed E-state index contributed by atoms with van der Waals surface area (Å²) in [6, 6.07) is 23.0. The van der Waals surface area contributed by atoms with E-state index in [9.17, 15) is 9.59 Å². The van der Waals surface area contributed by atoms with Gasteiger partial charge in [-0.2, -0.15) is 0 Å². The van der Waals surface area contributed by atoms with E-state index in [0.29, 0.717) is 22.8 Å². The number of rotatable bonds is 10. The van der Waals surface area contributed by atoms with E-state index in [4.69, 9.17) is 20.3 Å². The second-order valence-electron chi connectivity index (χ2n) is 7.75. The number of hydrogen-bond donors (Lipinski definition) is 4. The van der Waals surface area contributed by atoms with Gasteiger partial charge in [-0.15, -0.1) is 0 Å². The summed E-state index contributed by atoms with van der Waals surface area (Å²) >= 11 is 0. The molecule has 0 fully saturated rings. The minimum Gasteiger partial charge on any atom is -0.491 e. The lowest BCUT2D eigenvalue weighted by Gasteiger charge is -2.23. The van der Waals surface area contributed by atoms with Crippen LogP contribution in [0.5, 0.6) is 5.75 Å². The first kappa shape index (κ1) is 25.3. The molecule has 5 N–H and O–H groups in total. The molecule has 0 radical (unpaired) electrons. The maximum atomic E-state index is 12.6. The number of hydrogen-bond acceptors (Lipinski definition) is 6. The molecule has 0 heterocycles. The van der Waals surface area contributed by atoms with E-state index >= 15 is 0 Å². The number of ether oxygens (including phenoxy) is 2. The maximum Gasteiger partial charge on any atom is 0.412 e. The molecule has 2 amide bonds. The van der Waals surface area contributed by atoms with Crippen LogP contribution < -0.4 is 21.1 Å². The van der Waals surface area contributed by atoms with Gasteiger partial charge in [-0.25, -0.2) is 4.79 Å². The predicted octanol–water partition coefficient (Wildman–Crippen LogP) is 4.76. The number of nitrogens with two attached hydrogens (primary N) is 1. The number of aliphatic hydroxyl groups is 1. The highest BCUT2D eigenvalue weighted by Crippen LogP contribution is 2.29. The van der Waals surface area contributed by atoms with Crippen LogP contribution in [0.2, 0.25) is 0 Å². The Bertz CT molecular complexity index is 1130. The van der Waals surface area contributed by atoms with E-state index in [0.717, 1.165) is 5.56 Å². The average Bonchev–Trinajstić information content (AvgIpc) is 2.87. The minimum atomic E-state index is -0.684. The van der Waals surface area contributed by atoms with Crippen LogP contribution in [0.3, 0.4) is 0 Å². The molecule has 0 aliphatic carbocycles. The quantitative estimate of drug-likeness (QED) is 0.248. The van der Waals surface area contributed by atoms with Crippen LogP contribution in [0.4, 0.5) is 21.9 Å². The molecule has 2 atom stereocenters. The highest BCUT2D eigenvalue weighted by molar-refractivity contribution is 6.01. The van der Waals surface area contributed by atoms with E-state index < -0.39 is 12.2 Å². The summed E-state index contributed by atoms with van der Waals surface area (Å²) in [5.74, 6) is -0.118. The molecule has 182 valence electrons. The number of nitrogens with one attached hydrogen (secondary N) is 2. The Labute approximate surface area is 204 Å². The highest BCUT2D eigenvalue weighted by Gasteiger charge is 2.23. The Morgan fingerprint density at radius 2 is 1.66 bits per heavy atom. The molecule has 0 aliphatic rings. The topological polar surface area (TPSA) is 123 Å². The van der Waals surface area contributed by atoms with Gasteiger partial charge in [0.15, 0.2) is 0 Å². The van der Waals surface area contributed by atoms with Gasteiger partial charge >= 0.3 is 6.09 Å². The van der Waals surface area contributed by atoms with Gasteiger partial charge in [-0.05, 0) is 48.0 Å². The molecular weight excluding hydrogens is 446 g/mol. The smallest absolute Gasteiger partial charge is 0.412 e. The molecule has 3 aromatic carbocycles. The third-order valence-electron chi connectivity index (χ3n) is 5.07. The monoisotopic (exact) mass is 475 g/mol. The SMILES string of the molecule is C[C@@H](/C=C/C(=O)Nc1ccccc1N)[C@H](OC(=O)Nc1ccccc1)c1ccc(OCCO)cc1. The number of nitrogen functional groups attached to an aromatic ring is 1. The molecule has 0 aromatic heterocycles. The fraction of sp³-hybridized carbons (Fsp3) is 0.185. The molecule has 3 aromatic rings. The number of aliphatic hydroxyl groups excluding tert-OH is 1. The van der Waals surface area contributed by atoms with E-state index in [1.165, 1.54) is 6.08 Å². The van der Waals surface area contributed by atoms with Crippen LogP contribution >= 0.6 is 0 Å². The summed E-state index contributed by atoms with van der Waals surface area (Å²) in [6.07, 6.45) is 1.76. The third-order valence-corrected chi connectivity index (χ3v) is 5.07. The molecule has 0 unspecified atom stereocenters. The Balaban J connectivity index is 1.74. The van der Waals surface area contributed by atoms with Crippen LogP contribution in [0.15, 0.2) is 91.0 Å². The van der Waals surface area contributed by atoms with Gasteiger partial charge in [0.05, 0.1) is 18.0 Å². The normalized spacial score (nSPS) is 12.5. The Morgan fingerprint density at radius 1 is 0.971 bits per heavy atom. The standard InChI is InChI=1S/C27H29N3O5/c1-19(11-16-25(32)30-24-10-6-5-9-23(24)28)26(20-12-14-22(15-13-20)34-18-17-31)35-27(33)29-21-7-3-2-4-8-21/h2-16,19,26,31H,17-18,28H2,1H3,(H,29,33)(H,30,32)/b16-11+/t19-,26-/m0/s1. The number of benzene rings is 3. The molecule has 3 rings (SSSR count). The van der Waals surface area contributed by atoms with Crippen molar-refractivity contribution in [2.45, 2.75) is 13.0 Å². The van der Waals surface area contributed by atoms with Gasteiger partial charge in [-0.3, -0.25) is 10.1 Å². The summed E-state index contributed by atoms with van der Waals surface area (Å²) in [7, 11) is 0. The number of para-hydroxylation sites is 3. The van der Waals surface area contributed by atoms with Crippen LogP contribution in [-0.2, 0) is 9.53 Å². The molecule has 0 bridgehead atoms. The van der Waals surface area contributed by atoms with Crippen LogP contribution in [0.25, 0.3) is 0 Å². The summed E-state index contributed by atoms with van der Waals surface area (Å²) in [5, 5.41) is 14.4. The lowest BCUT2D eigenvalue weighted by atomic mass is 9.96. The fourth-order valence-electron chi connectivity index (χ4n) is 3.31. The molecule has 0 spiro atoms. The van der Waals surface area contributed by atoms with Crippen LogP contribution in [0.1, 0.15) is 18.6 Å². The Kier molecular flexibility index (Phi) is 9.27. The van der Waals surface area contributed by atoms with Crippen molar-refractivity contribution < 1.29 is 24.2 Å². The molecule has 0 saturated heterocycles. The summed E-state index contributed by atoms with van der Waals surface area (Å²) < 4.78 is 11.2. The zero-order valence-electron chi connectivity index (χ0n) is 19.4. The highest BCUT2D eigenvalue weighted by atomic mass is 16.6. The minimum absolute atomic E-state index is 0.0916. The third kappa shape index (κ3) is 7.90. The molecular formula is C27H29N3O5. The summed E-state index contributed by atoms with van der Waals surface area (Å²) in [5.41, 5.74) is 8.18. The van der Waals surface area contributed by atoms with Gasteiger partial charge in [-0.1, -0.05) is 55.5 Å². The van der Waals surface area contributed by atoms with Crippen molar-refractivity contribution in [2.75, 3.05) is 29.6 Å². The zero-order chi connectivity index (χ0) is 25.0. The van der Waals surface area contributed by atoms with Crippen molar-refractivity contribution in [3.63, 3.8) is 0 Å². The van der Waals surface area contributed by atoms with E-state index in [1.807, 2.05) is 25.1 Å². The average molecular weight is 476 g/mol. The molecule has 35 heavy (non-hydrogen) atoms. The van der Waals surface area contributed by atoms with E-state index in [-0.39, 0.29) is 25.0 Å². The van der Waals surface area contributed by atoms with Gasteiger partial charge in [0.2, 0.25) is 5.91 Å². The van der Waals surface area contributed by atoms with Crippen molar-refractivity contribution in [3.05, 3.63) is 96.6 Å². The van der Waals surface area contributed by atoms with Gasteiger partial charge < -0.3 is 25.6 Å². The number of amides is 2. The van der Waals surface area contributed by atoms with Gasteiger partial charge in [0.25, 0.3) is 0 Å². The van der Waals surface area contributed by atoms with Gasteiger partial charge in [0.1, 0.15) is 18.5 Å². The first-order valence-corrected chi connectivity index (χ1v) is 11.2. The largest absolute Gasteiger partial charge is 0.491 e. The first-order chi connectivity index (χ1) is 17.0. The molecule has 0 saturated carbocycles. The molecule has 0 aliphatic heterocycles. The molecule has 8 nitrogen and oxygen atoms in total. The van der Waals surface area contributed by atoms with Crippen molar-refractivity contribution in [3.8, 4) is 5.75 Å². The number of carbonyl (C=O) groups excluding carboxylic acids is 2. The van der Waals surface area contributed by atoms with E-state index in [2.05, 4.69) is 10.6 Å². The predicted molar refractivity (Wildman–Crippen MR) is 136 cm³/mol. The van der Waals surface area contributed by atoms with Crippen molar-refractivity contribution in [2.24, 2.45) is 5.92 Å². The first-order valence-electron chi connectivity index (χ1n) is 11.2. The second kappa shape index (κ2) is 12.8. The van der Waals surface area contributed by atoms with E-state index in [1.54, 1.807) is 66.7 Å². The Hall–Kier alpha value is -4.30.